The van der Waals surface area contributed by atoms with Crippen molar-refractivity contribution in [3.05, 3.63) is 42.5 Å². The van der Waals surface area contributed by atoms with Crippen LogP contribution >= 0.6 is 0 Å². The van der Waals surface area contributed by atoms with Gasteiger partial charge in [-0.05, 0) is 22.9 Å². The number of quaternary nitrogens is 1. The molecule has 0 heterocycles. The van der Waals surface area contributed by atoms with Gasteiger partial charge in [0, 0.05) is 5.69 Å². The fourth-order valence-corrected chi connectivity index (χ4v) is 1.59. The van der Waals surface area contributed by atoms with Crippen LogP contribution in [0.5, 0.6) is 0 Å². The molecule has 2 aromatic carbocycles. The Morgan fingerprint density at radius 1 is 1.24 bits per heavy atom. The number of fused-ring (bicyclic) bond motifs is 1. The Kier molecular flexibility index (Phi) is 3.37. The second-order valence-corrected chi connectivity index (χ2v) is 3.93. The molecule has 88 valence electrons. The standard InChI is InChI=1S/C13H14N2O2/c14-12(8-16)13(17)15-11-6-5-9-3-1-2-4-10(9)7-11/h1-7,12,16H,8,14H2,(H,15,17)/p+1/t12-/m0/s1. The molecule has 0 aliphatic heterocycles. The average Bonchev–Trinajstić information content (AvgIpc) is 2.37. The topological polar surface area (TPSA) is 77.0 Å². The highest BCUT2D eigenvalue weighted by molar-refractivity contribution is 5.96. The molecule has 0 spiro atoms. The van der Waals surface area contributed by atoms with Crippen molar-refractivity contribution in [1.82, 2.24) is 0 Å². The highest BCUT2D eigenvalue weighted by Crippen LogP contribution is 2.18. The van der Waals surface area contributed by atoms with E-state index in [1.807, 2.05) is 42.5 Å². The lowest BCUT2D eigenvalue weighted by Crippen LogP contribution is -2.68. The predicted molar refractivity (Wildman–Crippen MR) is 66.3 cm³/mol. The van der Waals surface area contributed by atoms with Gasteiger partial charge in [-0.3, -0.25) is 4.79 Å². The minimum Gasteiger partial charge on any atom is -0.390 e. The molecule has 1 atom stereocenters. The van der Waals surface area contributed by atoms with Crippen molar-refractivity contribution in [3.63, 3.8) is 0 Å². The molecule has 4 nitrogen and oxygen atoms in total. The highest BCUT2D eigenvalue weighted by Gasteiger charge is 2.15. The quantitative estimate of drug-likeness (QED) is 0.714. The summed E-state index contributed by atoms with van der Waals surface area (Å²) in [5, 5.41) is 13.7. The van der Waals surface area contributed by atoms with E-state index in [9.17, 15) is 4.79 Å². The molecule has 0 bridgehead atoms. The van der Waals surface area contributed by atoms with Gasteiger partial charge in [-0.2, -0.15) is 0 Å². The Hall–Kier alpha value is -1.91. The van der Waals surface area contributed by atoms with Gasteiger partial charge in [0.25, 0.3) is 5.91 Å². The van der Waals surface area contributed by atoms with Crippen molar-refractivity contribution in [1.29, 1.82) is 0 Å². The first-order valence-electron chi connectivity index (χ1n) is 5.44. The van der Waals surface area contributed by atoms with Crippen LogP contribution in [0.3, 0.4) is 0 Å². The van der Waals surface area contributed by atoms with Crippen LogP contribution in [0.2, 0.25) is 0 Å². The first-order valence-corrected chi connectivity index (χ1v) is 5.44. The van der Waals surface area contributed by atoms with Crippen molar-refractivity contribution in [2.24, 2.45) is 0 Å². The number of aliphatic hydroxyl groups is 1. The Balaban J connectivity index is 2.22. The van der Waals surface area contributed by atoms with Gasteiger partial charge in [-0.15, -0.1) is 0 Å². The summed E-state index contributed by atoms with van der Waals surface area (Å²) >= 11 is 0. The highest BCUT2D eigenvalue weighted by atomic mass is 16.3. The zero-order valence-corrected chi connectivity index (χ0v) is 9.39. The van der Waals surface area contributed by atoms with Crippen LogP contribution in [0, 0.1) is 0 Å². The Morgan fingerprint density at radius 3 is 2.65 bits per heavy atom. The molecule has 0 saturated heterocycles. The van der Waals surface area contributed by atoms with Crippen LogP contribution in [0.4, 0.5) is 5.69 Å². The minimum absolute atomic E-state index is 0.251. The van der Waals surface area contributed by atoms with E-state index in [2.05, 4.69) is 11.1 Å². The number of carbonyl (C=O) groups is 1. The molecule has 0 aromatic heterocycles. The van der Waals surface area contributed by atoms with Crippen molar-refractivity contribution >= 4 is 22.4 Å². The molecule has 0 unspecified atom stereocenters. The van der Waals surface area contributed by atoms with Crippen LogP contribution < -0.4 is 11.1 Å². The number of carbonyl (C=O) groups excluding carboxylic acids is 1. The fraction of sp³-hybridized carbons (Fsp3) is 0.154. The third-order valence-corrected chi connectivity index (χ3v) is 2.61. The van der Waals surface area contributed by atoms with Gasteiger partial charge in [-0.25, -0.2) is 0 Å². The molecule has 2 rings (SSSR count). The molecule has 0 saturated carbocycles. The lowest BCUT2D eigenvalue weighted by Gasteiger charge is -2.08. The number of hydrogen-bond donors (Lipinski definition) is 3. The van der Waals surface area contributed by atoms with Crippen LogP contribution in [-0.2, 0) is 4.79 Å². The molecule has 1 amide bonds. The van der Waals surface area contributed by atoms with Crippen molar-refractivity contribution < 1.29 is 15.6 Å². The number of nitrogens with one attached hydrogen (secondary N) is 1. The molecule has 2 aromatic rings. The molecular formula is C13H15N2O2+. The summed E-state index contributed by atoms with van der Waals surface area (Å²) in [5.41, 5.74) is 4.27. The Morgan fingerprint density at radius 2 is 1.94 bits per heavy atom. The third kappa shape index (κ3) is 2.61. The van der Waals surface area contributed by atoms with Crippen molar-refractivity contribution in [2.75, 3.05) is 11.9 Å². The third-order valence-electron chi connectivity index (χ3n) is 2.61. The molecular weight excluding hydrogens is 216 g/mol. The molecule has 0 aliphatic carbocycles. The molecule has 0 aliphatic rings. The normalized spacial score (nSPS) is 12.4. The summed E-state index contributed by atoms with van der Waals surface area (Å²) in [7, 11) is 0. The fourth-order valence-electron chi connectivity index (χ4n) is 1.59. The van der Waals surface area contributed by atoms with Crippen LogP contribution in [0.15, 0.2) is 42.5 Å². The average molecular weight is 231 g/mol. The smallest absolute Gasteiger partial charge is 0.284 e. The number of rotatable bonds is 3. The van der Waals surface area contributed by atoms with E-state index < -0.39 is 6.04 Å². The molecule has 17 heavy (non-hydrogen) atoms. The summed E-state index contributed by atoms with van der Waals surface area (Å²) in [4.78, 5) is 11.5. The van der Waals surface area contributed by atoms with E-state index in [1.165, 1.54) is 0 Å². The van der Waals surface area contributed by atoms with Gasteiger partial charge < -0.3 is 16.2 Å². The molecule has 5 N–H and O–H groups in total. The van der Waals surface area contributed by atoms with E-state index in [0.29, 0.717) is 0 Å². The lowest BCUT2D eigenvalue weighted by atomic mass is 10.1. The second kappa shape index (κ2) is 4.95. The monoisotopic (exact) mass is 231 g/mol. The first kappa shape index (κ1) is 11.6. The van der Waals surface area contributed by atoms with Crippen LogP contribution in [0.1, 0.15) is 0 Å². The minimum atomic E-state index is -0.638. The van der Waals surface area contributed by atoms with E-state index >= 15 is 0 Å². The zero-order chi connectivity index (χ0) is 12.3. The molecule has 0 radical (unpaired) electrons. The summed E-state index contributed by atoms with van der Waals surface area (Å²) in [6.07, 6.45) is 0. The largest absolute Gasteiger partial charge is 0.390 e. The summed E-state index contributed by atoms with van der Waals surface area (Å²) in [5.74, 6) is -0.275. The maximum absolute atomic E-state index is 11.5. The van der Waals surface area contributed by atoms with E-state index in [-0.39, 0.29) is 12.5 Å². The van der Waals surface area contributed by atoms with E-state index in [1.54, 1.807) is 0 Å². The van der Waals surface area contributed by atoms with Gasteiger partial charge in [-0.1, -0.05) is 30.3 Å². The maximum Gasteiger partial charge on any atom is 0.284 e. The van der Waals surface area contributed by atoms with Gasteiger partial charge in [0.2, 0.25) is 0 Å². The second-order valence-electron chi connectivity index (χ2n) is 3.93. The first-order chi connectivity index (χ1) is 8.20. The van der Waals surface area contributed by atoms with Gasteiger partial charge >= 0.3 is 0 Å². The van der Waals surface area contributed by atoms with Crippen LogP contribution in [-0.4, -0.2) is 23.7 Å². The van der Waals surface area contributed by atoms with Gasteiger partial charge in [0.15, 0.2) is 6.04 Å². The summed E-state index contributed by atoms with van der Waals surface area (Å²) < 4.78 is 0. The van der Waals surface area contributed by atoms with E-state index in [4.69, 9.17) is 5.11 Å². The maximum atomic E-state index is 11.5. The summed E-state index contributed by atoms with van der Waals surface area (Å²) in [6.45, 7) is -0.251. The zero-order valence-electron chi connectivity index (χ0n) is 9.39. The van der Waals surface area contributed by atoms with E-state index in [0.717, 1.165) is 16.5 Å². The van der Waals surface area contributed by atoms with Crippen molar-refractivity contribution in [2.45, 2.75) is 6.04 Å². The number of aliphatic hydroxyl groups excluding tert-OH is 1. The SMILES string of the molecule is [NH3+][C@@H](CO)C(=O)Nc1ccc2ccccc2c1. The Bertz CT molecular complexity index is 540. The number of hydrogen-bond acceptors (Lipinski definition) is 2. The van der Waals surface area contributed by atoms with Crippen LogP contribution in [0.25, 0.3) is 10.8 Å². The predicted octanol–water partition coefficient (Wildman–Crippen LogP) is 0.381. The number of amides is 1. The van der Waals surface area contributed by atoms with Gasteiger partial charge in [0.1, 0.15) is 6.61 Å². The number of benzene rings is 2. The molecule has 0 fully saturated rings. The summed E-state index contributed by atoms with van der Waals surface area (Å²) in [6, 6.07) is 13.0. The Labute approximate surface area is 99.1 Å². The number of anilines is 1. The lowest BCUT2D eigenvalue weighted by molar-refractivity contribution is -0.407. The molecule has 4 heteroatoms. The van der Waals surface area contributed by atoms with Crippen molar-refractivity contribution in [3.8, 4) is 0 Å². The van der Waals surface area contributed by atoms with Gasteiger partial charge in [0.05, 0.1) is 0 Å².